The fourth-order valence-electron chi connectivity index (χ4n) is 3.08. The first kappa shape index (κ1) is 16.0. The molecule has 3 rings (SSSR count). The zero-order chi connectivity index (χ0) is 17.3. The summed E-state index contributed by atoms with van der Waals surface area (Å²) in [6.07, 6.45) is -0.641. The van der Waals surface area contributed by atoms with Gasteiger partial charge in [0.2, 0.25) is 0 Å². The number of aromatic carboxylic acids is 1. The number of aliphatic hydroxyl groups is 1. The van der Waals surface area contributed by atoms with Crippen molar-refractivity contribution in [1.29, 1.82) is 0 Å². The van der Waals surface area contributed by atoms with Gasteiger partial charge >= 0.3 is 5.97 Å². The third kappa shape index (κ3) is 2.72. The largest absolute Gasteiger partial charge is 0.477 e. The minimum atomic E-state index is -1.00. The predicted octanol–water partition coefficient (Wildman–Crippen LogP) is 4.41. The summed E-state index contributed by atoms with van der Waals surface area (Å²) in [4.78, 5) is 14.8. The Labute approximate surface area is 140 Å². The number of hydrogen-bond donors (Lipinski definition) is 3. The SMILES string of the molecule is Cc1c(-c2ccccc2C(C)O)[nH]c(C(=O)O)c1-c1ccccc1. The first-order valence-electron chi connectivity index (χ1n) is 7.79. The van der Waals surface area contributed by atoms with Crippen LogP contribution in [0.1, 0.15) is 34.6 Å². The van der Waals surface area contributed by atoms with E-state index in [4.69, 9.17) is 0 Å². The van der Waals surface area contributed by atoms with Gasteiger partial charge in [-0.3, -0.25) is 0 Å². The summed E-state index contributed by atoms with van der Waals surface area (Å²) >= 11 is 0. The van der Waals surface area contributed by atoms with Crippen LogP contribution in [-0.2, 0) is 0 Å². The van der Waals surface area contributed by atoms with Crippen LogP contribution in [0.2, 0.25) is 0 Å². The molecule has 0 bridgehead atoms. The number of benzene rings is 2. The van der Waals surface area contributed by atoms with E-state index >= 15 is 0 Å². The molecule has 3 aromatic rings. The van der Waals surface area contributed by atoms with Gasteiger partial charge < -0.3 is 15.2 Å². The number of H-pyrrole nitrogens is 1. The average molecular weight is 321 g/mol. The third-order valence-corrected chi connectivity index (χ3v) is 4.21. The summed E-state index contributed by atoms with van der Waals surface area (Å²) < 4.78 is 0. The molecule has 0 amide bonds. The predicted molar refractivity (Wildman–Crippen MR) is 94.0 cm³/mol. The van der Waals surface area contributed by atoms with Crippen molar-refractivity contribution in [2.45, 2.75) is 20.0 Å². The molecule has 0 fully saturated rings. The Hall–Kier alpha value is -2.85. The van der Waals surface area contributed by atoms with Crippen molar-refractivity contribution in [3.8, 4) is 22.4 Å². The molecule has 1 aromatic heterocycles. The number of nitrogens with one attached hydrogen (secondary N) is 1. The number of rotatable bonds is 4. The summed E-state index contributed by atoms with van der Waals surface area (Å²) in [5, 5.41) is 19.6. The molecule has 24 heavy (non-hydrogen) atoms. The topological polar surface area (TPSA) is 73.3 Å². The van der Waals surface area contributed by atoms with Crippen molar-refractivity contribution >= 4 is 5.97 Å². The molecule has 1 atom stereocenters. The zero-order valence-corrected chi connectivity index (χ0v) is 13.6. The van der Waals surface area contributed by atoms with Gasteiger partial charge in [0.15, 0.2) is 0 Å². The van der Waals surface area contributed by atoms with Gasteiger partial charge in [0.1, 0.15) is 5.69 Å². The van der Waals surface area contributed by atoms with Gasteiger partial charge in [0.25, 0.3) is 0 Å². The van der Waals surface area contributed by atoms with Crippen molar-refractivity contribution < 1.29 is 15.0 Å². The molecule has 0 saturated carbocycles. The fourth-order valence-corrected chi connectivity index (χ4v) is 3.08. The lowest BCUT2D eigenvalue weighted by atomic mass is 9.95. The number of carboxylic acids is 1. The van der Waals surface area contributed by atoms with Crippen molar-refractivity contribution in [2.24, 2.45) is 0 Å². The van der Waals surface area contributed by atoms with E-state index in [1.165, 1.54) is 0 Å². The van der Waals surface area contributed by atoms with Gasteiger partial charge in [-0.15, -0.1) is 0 Å². The van der Waals surface area contributed by atoms with Crippen LogP contribution in [0.4, 0.5) is 0 Å². The van der Waals surface area contributed by atoms with Crippen molar-refractivity contribution in [2.75, 3.05) is 0 Å². The lowest BCUT2D eigenvalue weighted by Crippen LogP contribution is -1.99. The first-order valence-corrected chi connectivity index (χ1v) is 7.79. The van der Waals surface area contributed by atoms with Crippen LogP contribution in [0.5, 0.6) is 0 Å². The number of carboxylic acid groups (broad SMARTS) is 1. The molecule has 0 spiro atoms. The minimum Gasteiger partial charge on any atom is -0.477 e. The standard InChI is InChI=1S/C20H19NO3/c1-12-17(14-8-4-3-5-9-14)19(20(23)24)21-18(12)16-11-7-6-10-15(16)13(2)22/h3-11,13,21-22H,1-2H3,(H,23,24). The highest BCUT2D eigenvalue weighted by atomic mass is 16.4. The lowest BCUT2D eigenvalue weighted by molar-refractivity contribution is 0.0692. The minimum absolute atomic E-state index is 0.161. The van der Waals surface area contributed by atoms with Gasteiger partial charge in [-0.2, -0.15) is 0 Å². The number of hydrogen-bond acceptors (Lipinski definition) is 2. The molecule has 0 radical (unpaired) electrons. The van der Waals surface area contributed by atoms with Crippen LogP contribution in [-0.4, -0.2) is 21.2 Å². The molecule has 4 heteroatoms. The van der Waals surface area contributed by atoms with E-state index in [0.717, 1.165) is 27.9 Å². The molecular formula is C20H19NO3. The van der Waals surface area contributed by atoms with E-state index in [1.54, 1.807) is 6.92 Å². The summed E-state index contributed by atoms with van der Waals surface area (Å²) in [6, 6.07) is 16.9. The molecule has 1 unspecified atom stereocenters. The second kappa shape index (κ2) is 6.34. The number of aromatic amines is 1. The van der Waals surface area contributed by atoms with Crippen molar-refractivity contribution in [3.05, 3.63) is 71.4 Å². The normalized spacial score (nSPS) is 12.1. The van der Waals surface area contributed by atoms with Crippen LogP contribution < -0.4 is 0 Å². The van der Waals surface area contributed by atoms with Crippen LogP contribution in [0, 0.1) is 6.92 Å². The van der Waals surface area contributed by atoms with Gasteiger partial charge in [-0.25, -0.2) is 4.79 Å². The van der Waals surface area contributed by atoms with Gasteiger partial charge in [0, 0.05) is 16.8 Å². The van der Waals surface area contributed by atoms with Gasteiger partial charge in [-0.05, 0) is 30.5 Å². The van der Waals surface area contributed by atoms with E-state index in [2.05, 4.69) is 4.98 Å². The zero-order valence-electron chi connectivity index (χ0n) is 13.6. The quantitative estimate of drug-likeness (QED) is 0.666. The Balaban J connectivity index is 2.28. The van der Waals surface area contributed by atoms with E-state index < -0.39 is 12.1 Å². The van der Waals surface area contributed by atoms with Crippen LogP contribution in [0.25, 0.3) is 22.4 Å². The highest BCUT2D eigenvalue weighted by Gasteiger charge is 2.22. The van der Waals surface area contributed by atoms with E-state index in [0.29, 0.717) is 5.56 Å². The second-order valence-electron chi connectivity index (χ2n) is 5.81. The summed E-state index contributed by atoms with van der Waals surface area (Å²) in [5.74, 6) is -1.00. The first-order chi connectivity index (χ1) is 11.5. The summed E-state index contributed by atoms with van der Waals surface area (Å²) in [5.41, 5.74) is 4.85. The molecule has 0 saturated heterocycles. The second-order valence-corrected chi connectivity index (χ2v) is 5.81. The molecular weight excluding hydrogens is 302 g/mol. The highest BCUT2D eigenvalue weighted by Crippen LogP contribution is 2.37. The van der Waals surface area contributed by atoms with E-state index in [-0.39, 0.29) is 5.69 Å². The fraction of sp³-hybridized carbons (Fsp3) is 0.150. The molecule has 1 heterocycles. The monoisotopic (exact) mass is 321 g/mol. The van der Waals surface area contributed by atoms with Crippen LogP contribution in [0.15, 0.2) is 54.6 Å². The summed E-state index contributed by atoms with van der Waals surface area (Å²) in [6.45, 7) is 3.60. The van der Waals surface area contributed by atoms with Crippen LogP contribution >= 0.6 is 0 Å². The highest BCUT2D eigenvalue weighted by molar-refractivity contribution is 5.98. The number of aliphatic hydroxyl groups excluding tert-OH is 1. The molecule has 2 aromatic carbocycles. The lowest BCUT2D eigenvalue weighted by Gasteiger charge is -2.12. The maximum absolute atomic E-state index is 11.7. The van der Waals surface area contributed by atoms with Crippen molar-refractivity contribution in [3.63, 3.8) is 0 Å². The summed E-state index contributed by atoms with van der Waals surface area (Å²) in [7, 11) is 0. The third-order valence-electron chi connectivity index (χ3n) is 4.21. The average Bonchev–Trinajstić information content (AvgIpc) is 2.93. The van der Waals surface area contributed by atoms with E-state index in [9.17, 15) is 15.0 Å². The Morgan fingerprint density at radius 3 is 2.29 bits per heavy atom. The molecule has 0 aliphatic carbocycles. The molecule has 4 nitrogen and oxygen atoms in total. The van der Waals surface area contributed by atoms with E-state index in [1.807, 2.05) is 61.5 Å². The van der Waals surface area contributed by atoms with Gasteiger partial charge in [0.05, 0.1) is 6.10 Å². The maximum Gasteiger partial charge on any atom is 0.352 e. The molecule has 3 N–H and O–H groups in total. The van der Waals surface area contributed by atoms with Gasteiger partial charge in [-0.1, -0.05) is 54.6 Å². The smallest absolute Gasteiger partial charge is 0.352 e. The Kier molecular flexibility index (Phi) is 4.23. The maximum atomic E-state index is 11.7. The Bertz CT molecular complexity index is 879. The number of carbonyl (C=O) groups is 1. The van der Waals surface area contributed by atoms with Crippen molar-refractivity contribution in [1.82, 2.24) is 4.98 Å². The molecule has 0 aliphatic rings. The molecule has 0 aliphatic heterocycles. The van der Waals surface area contributed by atoms with Crippen LogP contribution in [0.3, 0.4) is 0 Å². The Morgan fingerprint density at radius 2 is 1.67 bits per heavy atom. The number of aromatic nitrogens is 1. The molecule has 122 valence electrons. The Morgan fingerprint density at radius 1 is 1.04 bits per heavy atom.